The molecule has 2 aromatic rings. The van der Waals surface area contributed by atoms with Crippen LogP contribution in [0.2, 0.25) is 5.15 Å². The molecule has 2 aliphatic heterocycles. The van der Waals surface area contributed by atoms with E-state index in [0.29, 0.717) is 32.0 Å². The van der Waals surface area contributed by atoms with Gasteiger partial charge in [-0.1, -0.05) is 18.5 Å². The Hall–Kier alpha value is -3.58. The van der Waals surface area contributed by atoms with Gasteiger partial charge in [0, 0.05) is 57.4 Å². The molecule has 0 bridgehead atoms. The molecule has 3 heterocycles. The van der Waals surface area contributed by atoms with E-state index < -0.39 is 17.5 Å². The number of likely N-dealkylation sites (tertiary alicyclic amines) is 1. The van der Waals surface area contributed by atoms with Gasteiger partial charge in [0.1, 0.15) is 0 Å². The van der Waals surface area contributed by atoms with E-state index >= 15 is 0 Å². The number of carbonyl (C=O) groups excluding carboxylic acids is 2. The summed E-state index contributed by atoms with van der Waals surface area (Å²) < 4.78 is 26.9. The van der Waals surface area contributed by atoms with Crippen LogP contribution in [0.5, 0.6) is 0 Å². The van der Waals surface area contributed by atoms with Crippen LogP contribution < -0.4 is 21.7 Å². The minimum Gasteiger partial charge on any atom is -0.382 e. The third kappa shape index (κ3) is 6.19. The zero-order valence-electron chi connectivity index (χ0n) is 21.8. The lowest BCUT2D eigenvalue weighted by atomic mass is 9.97. The molecular weight excluding hydrogens is 532 g/mol. The van der Waals surface area contributed by atoms with Gasteiger partial charge in [0.05, 0.1) is 0 Å². The molecule has 14 heteroatoms. The highest BCUT2D eigenvalue weighted by Gasteiger charge is 2.35. The second-order valence-electron chi connectivity index (χ2n) is 9.53. The zero-order chi connectivity index (χ0) is 28.3. The predicted octanol–water partition coefficient (Wildman–Crippen LogP) is 1.87. The van der Waals surface area contributed by atoms with Crippen LogP contribution in [0, 0.1) is 11.6 Å². The van der Waals surface area contributed by atoms with Gasteiger partial charge in [-0.2, -0.15) is 0 Å². The third-order valence-electron chi connectivity index (χ3n) is 7.25. The van der Waals surface area contributed by atoms with Crippen molar-refractivity contribution in [2.45, 2.75) is 38.3 Å². The van der Waals surface area contributed by atoms with Crippen molar-refractivity contribution in [3.63, 3.8) is 0 Å². The molecule has 2 fully saturated rings. The quantitative estimate of drug-likeness (QED) is 0.369. The Bertz CT molecular complexity index is 1270. The molecule has 210 valence electrons. The number of nitrogens with zero attached hydrogens (tertiary/aromatic N) is 6. The van der Waals surface area contributed by atoms with Gasteiger partial charge in [-0.25, -0.2) is 18.7 Å². The van der Waals surface area contributed by atoms with Crippen LogP contribution >= 0.6 is 11.6 Å². The summed E-state index contributed by atoms with van der Waals surface area (Å²) >= 11 is 6.43. The average molecular weight is 564 g/mol. The minimum absolute atomic E-state index is 0.0636. The van der Waals surface area contributed by atoms with E-state index in [1.165, 1.54) is 13.1 Å². The highest BCUT2D eigenvalue weighted by Crippen LogP contribution is 2.30. The smallest absolute Gasteiger partial charge is 0.280 e. The molecule has 2 amide bonds. The maximum Gasteiger partial charge on any atom is 0.280 e. The highest BCUT2D eigenvalue weighted by atomic mass is 35.5. The van der Waals surface area contributed by atoms with E-state index in [1.807, 2.05) is 4.90 Å². The molecule has 11 nitrogen and oxygen atoms in total. The first-order valence-corrected chi connectivity index (χ1v) is 13.1. The minimum atomic E-state index is -1.03. The molecule has 0 aliphatic carbocycles. The van der Waals surface area contributed by atoms with Crippen LogP contribution in [0.3, 0.4) is 0 Å². The monoisotopic (exact) mass is 563 g/mol. The summed E-state index contributed by atoms with van der Waals surface area (Å²) in [5.41, 5.74) is 11.6. The summed E-state index contributed by atoms with van der Waals surface area (Å²) in [5, 5.41) is 2.43. The maximum absolute atomic E-state index is 13.6. The summed E-state index contributed by atoms with van der Waals surface area (Å²) in [6, 6.07) is 3.71. The van der Waals surface area contributed by atoms with Crippen LogP contribution in [0.15, 0.2) is 23.2 Å². The van der Waals surface area contributed by atoms with Crippen molar-refractivity contribution in [2.24, 2.45) is 10.7 Å². The van der Waals surface area contributed by atoms with Crippen molar-refractivity contribution in [3.05, 3.63) is 46.2 Å². The van der Waals surface area contributed by atoms with Crippen molar-refractivity contribution < 1.29 is 18.4 Å². The lowest BCUT2D eigenvalue weighted by molar-refractivity contribution is 0.0490. The van der Waals surface area contributed by atoms with Gasteiger partial charge < -0.3 is 21.3 Å². The molecule has 0 saturated carbocycles. The van der Waals surface area contributed by atoms with E-state index in [9.17, 15) is 18.4 Å². The number of aliphatic imine (C=N–C) groups is 1. The van der Waals surface area contributed by atoms with Crippen LogP contribution in [0.1, 0.15) is 47.0 Å². The molecule has 5 N–H and O–H groups in total. The number of piperazine rings is 1. The lowest BCUT2D eigenvalue weighted by Gasteiger charge is -2.47. The molecule has 39 heavy (non-hydrogen) atoms. The van der Waals surface area contributed by atoms with Gasteiger partial charge in [-0.3, -0.25) is 24.8 Å². The van der Waals surface area contributed by atoms with Crippen LogP contribution in [0.25, 0.3) is 0 Å². The molecule has 0 radical (unpaired) electrons. The number of amides is 2. The van der Waals surface area contributed by atoms with E-state index in [4.69, 9.17) is 23.1 Å². The fourth-order valence-electron chi connectivity index (χ4n) is 5.14. The SMILES string of the molecule is CC[C@H]1CN(c2nc(N)c(C(=O)NC(N)=NC)nc2Cl)CCN1C1CCN(C(=O)c2ccc(F)c(F)c2)CC1. The predicted molar refractivity (Wildman–Crippen MR) is 145 cm³/mol. The first-order valence-electron chi connectivity index (χ1n) is 12.7. The molecule has 2 saturated heterocycles. The number of anilines is 2. The van der Waals surface area contributed by atoms with Gasteiger partial charge in [0.15, 0.2) is 40.1 Å². The number of nitrogen functional groups attached to an aromatic ring is 1. The fraction of sp³-hybridized carbons (Fsp3) is 0.480. The zero-order valence-corrected chi connectivity index (χ0v) is 22.6. The summed E-state index contributed by atoms with van der Waals surface area (Å²) in [4.78, 5) is 43.6. The number of halogens is 3. The summed E-state index contributed by atoms with van der Waals surface area (Å²) in [6.45, 7) is 5.17. The molecule has 0 spiro atoms. The number of hydrogen-bond donors (Lipinski definition) is 3. The lowest BCUT2D eigenvalue weighted by Crippen LogP contribution is -2.58. The average Bonchev–Trinajstić information content (AvgIpc) is 2.94. The molecule has 2 aliphatic rings. The van der Waals surface area contributed by atoms with Gasteiger partial charge >= 0.3 is 0 Å². The van der Waals surface area contributed by atoms with Gasteiger partial charge in [0.25, 0.3) is 11.8 Å². The van der Waals surface area contributed by atoms with Crippen molar-refractivity contribution in [3.8, 4) is 0 Å². The van der Waals surface area contributed by atoms with E-state index in [0.717, 1.165) is 37.9 Å². The molecule has 1 aromatic heterocycles. The molecule has 0 unspecified atom stereocenters. The molecule has 1 atom stereocenters. The van der Waals surface area contributed by atoms with Crippen LogP contribution in [-0.2, 0) is 0 Å². The Morgan fingerprint density at radius 3 is 2.51 bits per heavy atom. The highest BCUT2D eigenvalue weighted by molar-refractivity contribution is 6.32. The second kappa shape index (κ2) is 12.1. The van der Waals surface area contributed by atoms with Crippen LogP contribution in [0.4, 0.5) is 20.4 Å². The van der Waals surface area contributed by atoms with Gasteiger partial charge in [-0.15, -0.1) is 0 Å². The Morgan fingerprint density at radius 1 is 1.15 bits per heavy atom. The topological polar surface area (TPSA) is 146 Å². The normalized spacial score (nSPS) is 19.3. The molecular formula is C25H32ClF2N9O2. The number of rotatable bonds is 5. The Kier molecular flexibility index (Phi) is 8.80. The summed E-state index contributed by atoms with van der Waals surface area (Å²) in [5.74, 6) is -2.68. The number of guanidine groups is 1. The first-order chi connectivity index (χ1) is 18.6. The van der Waals surface area contributed by atoms with E-state index in [2.05, 4.69) is 32.1 Å². The second-order valence-corrected chi connectivity index (χ2v) is 9.89. The van der Waals surface area contributed by atoms with Crippen LogP contribution in [-0.4, -0.2) is 89.4 Å². The standard InChI is InChI=1S/C25H32ClF2N9O2/c1-3-15-13-36(22-20(26)32-19(21(29)33-22)23(38)34-25(30)31-2)10-11-37(15)16-6-8-35(9-7-16)24(39)14-4-5-17(27)18(28)12-14/h4-5,12,15-16H,3,6-11,13H2,1-2H3,(H2,29,33)(H3,30,31,34,38)/t15-/m0/s1. The van der Waals surface area contributed by atoms with Gasteiger partial charge in [0.2, 0.25) is 0 Å². The number of aromatic nitrogens is 2. The Balaban J connectivity index is 1.39. The molecule has 4 rings (SSSR count). The Morgan fingerprint density at radius 2 is 1.87 bits per heavy atom. The van der Waals surface area contributed by atoms with Crippen molar-refractivity contribution in [1.82, 2.24) is 25.1 Å². The van der Waals surface area contributed by atoms with Crippen molar-refractivity contribution in [1.29, 1.82) is 0 Å². The summed E-state index contributed by atoms with van der Waals surface area (Å²) in [6.07, 6.45) is 2.42. The number of piperidine rings is 1. The third-order valence-corrected chi connectivity index (χ3v) is 7.50. The van der Waals surface area contributed by atoms with Crippen molar-refractivity contribution >= 4 is 41.0 Å². The van der Waals surface area contributed by atoms with E-state index in [1.54, 1.807) is 4.90 Å². The largest absolute Gasteiger partial charge is 0.382 e. The first kappa shape index (κ1) is 28.4. The maximum atomic E-state index is 13.6. The fourth-order valence-corrected chi connectivity index (χ4v) is 5.38. The van der Waals surface area contributed by atoms with Gasteiger partial charge in [-0.05, 0) is 37.5 Å². The van der Waals surface area contributed by atoms with E-state index in [-0.39, 0.29) is 46.2 Å². The number of benzene rings is 1. The Labute approximate surface area is 230 Å². The molecule has 1 aromatic carbocycles. The number of nitrogens with one attached hydrogen (secondary N) is 1. The van der Waals surface area contributed by atoms with Crippen molar-refractivity contribution in [2.75, 3.05) is 50.4 Å². The number of nitrogens with two attached hydrogens (primary N) is 2. The number of hydrogen-bond acceptors (Lipinski definition) is 8. The number of carbonyl (C=O) groups is 2. The summed E-state index contributed by atoms with van der Waals surface area (Å²) in [7, 11) is 1.43.